The van der Waals surface area contributed by atoms with Crippen molar-refractivity contribution in [3.05, 3.63) is 78.6 Å². The number of nitrogens with two attached hydrogens (primary N) is 1. The van der Waals surface area contributed by atoms with Crippen LogP contribution in [0.4, 0.5) is 11.6 Å². The van der Waals surface area contributed by atoms with Crippen molar-refractivity contribution in [1.29, 1.82) is 0 Å². The zero-order valence-corrected chi connectivity index (χ0v) is 22.2. The Morgan fingerprint density at radius 1 is 0.949 bits per heavy atom. The Morgan fingerprint density at radius 2 is 1.79 bits per heavy atom. The number of ether oxygens (including phenoxy) is 1. The summed E-state index contributed by atoms with van der Waals surface area (Å²) in [5, 5.41) is 4.44. The van der Waals surface area contributed by atoms with Crippen molar-refractivity contribution < 1.29 is 9.15 Å². The lowest BCUT2D eigenvalue weighted by atomic mass is 10.1. The molecule has 200 valence electrons. The van der Waals surface area contributed by atoms with E-state index < -0.39 is 0 Å². The second kappa shape index (κ2) is 11.2. The van der Waals surface area contributed by atoms with Crippen LogP contribution >= 0.6 is 0 Å². The van der Waals surface area contributed by atoms with Gasteiger partial charge in [-0.05, 0) is 54.4 Å². The Bertz CT molecular complexity index is 1520. The van der Waals surface area contributed by atoms with E-state index in [0.29, 0.717) is 17.2 Å². The first-order valence-corrected chi connectivity index (χ1v) is 13.5. The normalized spacial score (nSPS) is 14.2. The standard InChI is InChI=1S/C30H33N7O2/c1-2-3-17-38-25-11-9-24(10-12-25)36-15-13-35(14-16-36)21-22-6-4-7-23(19-22)26-20-28-33-29(27-8-5-18-39-27)34-37(28)30(31)32-26/h4-12,18-20H,2-3,13-17,21H2,1H3,(H2,31,32). The van der Waals surface area contributed by atoms with Gasteiger partial charge in [0.1, 0.15) is 5.75 Å². The number of hydrogen-bond donors (Lipinski definition) is 1. The van der Waals surface area contributed by atoms with Gasteiger partial charge >= 0.3 is 0 Å². The number of piperazine rings is 1. The summed E-state index contributed by atoms with van der Waals surface area (Å²) in [6, 6.07) is 22.5. The molecule has 9 nitrogen and oxygen atoms in total. The third-order valence-corrected chi connectivity index (χ3v) is 7.06. The lowest BCUT2D eigenvalue weighted by Crippen LogP contribution is -2.45. The number of benzene rings is 2. The predicted octanol–water partition coefficient (Wildman–Crippen LogP) is 5.13. The number of nitrogens with zero attached hydrogens (tertiary/aromatic N) is 6. The molecule has 9 heteroatoms. The van der Waals surface area contributed by atoms with Crippen LogP contribution in [0.5, 0.6) is 5.75 Å². The molecular weight excluding hydrogens is 490 g/mol. The van der Waals surface area contributed by atoms with Gasteiger partial charge in [0.05, 0.1) is 18.6 Å². The van der Waals surface area contributed by atoms with E-state index in [1.807, 2.05) is 12.1 Å². The molecule has 0 atom stereocenters. The zero-order valence-electron chi connectivity index (χ0n) is 22.2. The fourth-order valence-corrected chi connectivity index (χ4v) is 4.91. The molecule has 6 rings (SSSR count). The van der Waals surface area contributed by atoms with Gasteiger partial charge in [0, 0.05) is 50.0 Å². The molecule has 0 amide bonds. The quantitative estimate of drug-likeness (QED) is 0.266. The van der Waals surface area contributed by atoms with Crippen LogP contribution in [0.3, 0.4) is 0 Å². The highest BCUT2D eigenvalue weighted by molar-refractivity contribution is 5.67. The minimum absolute atomic E-state index is 0.287. The molecule has 0 aliphatic carbocycles. The van der Waals surface area contributed by atoms with E-state index in [2.05, 4.69) is 80.3 Å². The first kappa shape index (κ1) is 24.9. The minimum Gasteiger partial charge on any atom is -0.494 e. The molecule has 4 heterocycles. The van der Waals surface area contributed by atoms with E-state index in [1.54, 1.807) is 12.3 Å². The second-order valence-corrected chi connectivity index (χ2v) is 9.84. The molecule has 39 heavy (non-hydrogen) atoms. The molecule has 0 bridgehead atoms. The summed E-state index contributed by atoms with van der Waals surface area (Å²) >= 11 is 0. The van der Waals surface area contributed by atoms with Crippen LogP contribution in [0.1, 0.15) is 25.3 Å². The molecule has 0 spiro atoms. The minimum atomic E-state index is 0.287. The highest BCUT2D eigenvalue weighted by Gasteiger charge is 2.18. The Morgan fingerprint density at radius 3 is 2.56 bits per heavy atom. The third kappa shape index (κ3) is 5.58. The lowest BCUT2D eigenvalue weighted by molar-refractivity contribution is 0.250. The first-order chi connectivity index (χ1) is 19.2. The van der Waals surface area contributed by atoms with Crippen LogP contribution in [0.25, 0.3) is 28.5 Å². The topological polar surface area (TPSA) is 98.0 Å². The van der Waals surface area contributed by atoms with Crippen molar-refractivity contribution in [1.82, 2.24) is 24.5 Å². The van der Waals surface area contributed by atoms with Crippen molar-refractivity contribution in [2.24, 2.45) is 0 Å². The average Bonchev–Trinajstić information content (AvgIpc) is 3.65. The molecule has 0 saturated carbocycles. The van der Waals surface area contributed by atoms with E-state index in [-0.39, 0.29) is 5.95 Å². The Kier molecular flexibility index (Phi) is 7.14. The fourth-order valence-electron chi connectivity index (χ4n) is 4.91. The molecule has 2 N–H and O–H groups in total. The van der Waals surface area contributed by atoms with Crippen molar-refractivity contribution in [2.75, 3.05) is 43.4 Å². The summed E-state index contributed by atoms with van der Waals surface area (Å²) in [5.74, 6) is 2.31. The number of anilines is 2. The Balaban J connectivity index is 1.10. The van der Waals surface area contributed by atoms with E-state index in [4.69, 9.17) is 14.9 Å². The summed E-state index contributed by atoms with van der Waals surface area (Å²) < 4.78 is 12.8. The molecule has 2 aromatic carbocycles. The maximum atomic E-state index is 6.24. The zero-order chi connectivity index (χ0) is 26.6. The summed E-state index contributed by atoms with van der Waals surface area (Å²) in [6.45, 7) is 7.84. The molecule has 0 unspecified atom stereocenters. The number of aromatic nitrogens is 4. The number of fused-ring (bicyclic) bond motifs is 1. The number of hydrogen-bond acceptors (Lipinski definition) is 8. The van der Waals surface area contributed by atoms with E-state index in [9.17, 15) is 0 Å². The van der Waals surface area contributed by atoms with Gasteiger partial charge in [0.15, 0.2) is 11.4 Å². The monoisotopic (exact) mass is 523 g/mol. The molecule has 0 radical (unpaired) electrons. The third-order valence-electron chi connectivity index (χ3n) is 7.06. The first-order valence-electron chi connectivity index (χ1n) is 13.5. The van der Waals surface area contributed by atoms with Crippen molar-refractivity contribution in [3.63, 3.8) is 0 Å². The lowest BCUT2D eigenvalue weighted by Gasteiger charge is -2.36. The molecule has 1 aliphatic heterocycles. The van der Waals surface area contributed by atoms with Gasteiger partial charge in [0.25, 0.3) is 0 Å². The highest BCUT2D eigenvalue weighted by Crippen LogP contribution is 2.25. The highest BCUT2D eigenvalue weighted by atomic mass is 16.5. The number of furan rings is 1. The van der Waals surface area contributed by atoms with Gasteiger partial charge in [-0.2, -0.15) is 4.52 Å². The van der Waals surface area contributed by atoms with E-state index >= 15 is 0 Å². The average molecular weight is 524 g/mol. The summed E-state index contributed by atoms with van der Waals surface area (Å²) in [5.41, 5.74) is 11.1. The maximum Gasteiger partial charge on any atom is 0.223 e. The number of rotatable bonds is 9. The van der Waals surface area contributed by atoms with Gasteiger partial charge in [0.2, 0.25) is 11.8 Å². The van der Waals surface area contributed by atoms with Crippen LogP contribution in [0, 0.1) is 0 Å². The smallest absolute Gasteiger partial charge is 0.223 e. The molecular formula is C30H33N7O2. The largest absolute Gasteiger partial charge is 0.494 e. The molecule has 5 aromatic rings. The van der Waals surface area contributed by atoms with Crippen LogP contribution in [-0.4, -0.2) is 57.3 Å². The number of nitrogen functional groups attached to an aromatic ring is 1. The van der Waals surface area contributed by atoms with Gasteiger partial charge in [-0.3, -0.25) is 4.90 Å². The molecule has 3 aromatic heterocycles. The van der Waals surface area contributed by atoms with Crippen molar-refractivity contribution >= 4 is 17.3 Å². The summed E-state index contributed by atoms with van der Waals surface area (Å²) in [4.78, 5) is 14.1. The Hall–Kier alpha value is -4.37. The second-order valence-electron chi connectivity index (χ2n) is 9.84. The van der Waals surface area contributed by atoms with Crippen LogP contribution < -0.4 is 15.4 Å². The van der Waals surface area contributed by atoms with Gasteiger partial charge < -0.3 is 19.8 Å². The van der Waals surface area contributed by atoms with Crippen molar-refractivity contribution in [3.8, 4) is 28.6 Å². The van der Waals surface area contributed by atoms with E-state index in [1.165, 1.54) is 15.8 Å². The van der Waals surface area contributed by atoms with Gasteiger partial charge in [-0.25, -0.2) is 9.97 Å². The molecule has 1 fully saturated rings. The summed E-state index contributed by atoms with van der Waals surface area (Å²) in [6.07, 6.45) is 3.83. The molecule has 1 saturated heterocycles. The fraction of sp³-hybridized carbons (Fsp3) is 0.300. The van der Waals surface area contributed by atoms with Crippen LogP contribution in [0.15, 0.2) is 77.4 Å². The van der Waals surface area contributed by atoms with Gasteiger partial charge in [-0.15, -0.1) is 5.10 Å². The van der Waals surface area contributed by atoms with Crippen LogP contribution in [-0.2, 0) is 6.54 Å². The van der Waals surface area contributed by atoms with E-state index in [0.717, 1.165) is 69.2 Å². The van der Waals surface area contributed by atoms with Crippen LogP contribution in [0.2, 0.25) is 0 Å². The maximum absolute atomic E-state index is 6.24. The van der Waals surface area contributed by atoms with Crippen molar-refractivity contribution in [2.45, 2.75) is 26.3 Å². The number of unbranched alkanes of at least 4 members (excludes halogenated alkanes) is 1. The predicted molar refractivity (Wildman–Crippen MR) is 153 cm³/mol. The Labute approximate surface area is 227 Å². The molecule has 1 aliphatic rings. The summed E-state index contributed by atoms with van der Waals surface area (Å²) in [7, 11) is 0. The SMILES string of the molecule is CCCCOc1ccc(N2CCN(Cc3cccc(-c4cc5nc(-c6ccco6)nn5c(N)n4)c3)CC2)cc1. The van der Waals surface area contributed by atoms with Gasteiger partial charge in [-0.1, -0.05) is 31.5 Å².